The van der Waals surface area contributed by atoms with Gasteiger partial charge in [-0.3, -0.25) is 9.09 Å². The summed E-state index contributed by atoms with van der Waals surface area (Å²) in [6.45, 7) is -0.198. The van der Waals surface area contributed by atoms with Gasteiger partial charge in [0.15, 0.2) is 11.8 Å². The number of phosphoric ester groups is 1. The molecular weight excluding hydrogens is 532 g/mol. The number of aliphatic hydroxyl groups is 1. The Morgan fingerprint density at radius 2 is 1.91 bits per heavy atom. The van der Waals surface area contributed by atoms with Crippen molar-refractivity contribution in [3.63, 3.8) is 0 Å². The van der Waals surface area contributed by atoms with Crippen LogP contribution in [0.25, 0.3) is 0 Å². The number of nitrogens with two attached hydrogens (primary N) is 2. The highest BCUT2D eigenvalue weighted by atomic mass is 31.3. The molecule has 0 aliphatic carbocycles. The zero-order valence-corrected chi connectivity index (χ0v) is 19.6. The summed E-state index contributed by atoms with van der Waals surface area (Å²) in [5.74, 6) is 4.02. The number of hydrogen-bond donors (Lipinski definition) is 7. The number of aliphatic hydroxyl groups excluding tert-OH is 1. The van der Waals surface area contributed by atoms with Crippen LogP contribution >= 0.6 is 23.5 Å². The second kappa shape index (κ2) is 10.2. The molecule has 1 aromatic rings. The smallest absolute Gasteiger partial charge is 0.387 e. The maximum atomic E-state index is 12.7. The second-order valence-electron chi connectivity index (χ2n) is 6.71. The third-order valence-corrected chi connectivity index (χ3v) is 8.08. The molecule has 2 rings (SSSR count). The number of alkyl halides is 1. The van der Waals surface area contributed by atoms with Crippen molar-refractivity contribution in [1.82, 2.24) is 9.55 Å². The molecule has 1 aliphatic heterocycles. The molecule has 21 heteroatoms. The molecule has 1 aliphatic rings. The summed E-state index contributed by atoms with van der Waals surface area (Å²) in [5.41, 5.74) is 8.30. The van der Waals surface area contributed by atoms with Crippen molar-refractivity contribution in [3.8, 4) is 11.8 Å². The van der Waals surface area contributed by atoms with Gasteiger partial charge in [-0.1, -0.05) is 11.8 Å². The van der Waals surface area contributed by atoms with Gasteiger partial charge in [-0.2, -0.15) is 13.6 Å². The van der Waals surface area contributed by atoms with E-state index in [1.807, 2.05) is 5.92 Å². The fraction of sp³-hybridized carbons (Fsp3) is 0.538. The summed E-state index contributed by atoms with van der Waals surface area (Å²) in [7, 11) is -17.0. The Kier molecular flexibility index (Phi) is 8.62. The molecule has 34 heavy (non-hydrogen) atoms. The van der Waals surface area contributed by atoms with Gasteiger partial charge in [0.05, 0.1) is 6.10 Å². The Morgan fingerprint density at radius 3 is 2.44 bits per heavy atom. The lowest BCUT2D eigenvalue weighted by molar-refractivity contribution is -0.0754. The van der Waals surface area contributed by atoms with E-state index in [4.69, 9.17) is 26.0 Å². The van der Waals surface area contributed by atoms with Gasteiger partial charge in [0, 0.05) is 6.20 Å². The van der Waals surface area contributed by atoms with Crippen molar-refractivity contribution >= 4 is 29.3 Å². The van der Waals surface area contributed by atoms with Crippen LogP contribution in [0.5, 0.6) is 0 Å². The highest BCUT2D eigenvalue weighted by Gasteiger charge is 2.57. The van der Waals surface area contributed by atoms with Crippen LogP contribution in [0, 0.1) is 11.8 Å². The zero-order valence-electron chi connectivity index (χ0n) is 16.9. The fourth-order valence-corrected chi connectivity index (χ4v) is 6.11. The lowest BCUT2D eigenvalue weighted by Gasteiger charge is -2.28. The van der Waals surface area contributed by atoms with Crippen LogP contribution in [0.1, 0.15) is 13.2 Å². The van der Waals surface area contributed by atoms with Crippen molar-refractivity contribution in [3.05, 3.63) is 22.7 Å². The Balaban J connectivity index is 2.34. The number of rotatable bonds is 8. The molecule has 1 aromatic heterocycles. The molecule has 7 atom stereocenters. The van der Waals surface area contributed by atoms with Crippen LogP contribution in [-0.4, -0.2) is 64.8 Å². The summed E-state index contributed by atoms with van der Waals surface area (Å²) >= 11 is 0. The minimum atomic E-state index is -5.81. The molecule has 9 N–H and O–H groups in total. The molecule has 1 fully saturated rings. The van der Waals surface area contributed by atoms with E-state index >= 15 is 0 Å². The van der Waals surface area contributed by atoms with Gasteiger partial charge >= 0.3 is 29.2 Å². The zero-order chi connectivity index (χ0) is 26.1. The number of aromatic nitrogens is 2. The minimum Gasteiger partial charge on any atom is -0.387 e. The van der Waals surface area contributed by atoms with E-state index in [2.05, 4.69) is 24.0 Å². The fourth-order valence-electron chi connectivity index (χ4n) is 2.91. The third kappa shape index (κ3) is 7.00. The molecule has 0 aromatic carbocycles. The predicted molar refractivity (Wildman–Crippen MR) is 108 cm³/mol. The quantitative estimate of drug-likeness (QED) is 0.142. The summed E-state index contributed by atoms with van der Waals surface area (Å²) in [6.07, 6.45) is -5.92. The van der Waals surface area contributed by atoms with Gasteiger partial charge in [0.25, 0.3) is 0 Å². The number of hydrogen-bond acceptors (Lipinski definition) is 12. The first-order valence-corrected chi connectivity index (χ1v) is 13.3. The Morgan fingerprint density at radius 1 is 1.29 bits per heavy atom. The van der Waals surface area contributed by atoms with Crippen molar-refractivity contribution in [2.45, 2.75) is 37.0 Å². The van der Waals surface area contributed by atoms with Gasteiger partial charge in [0.1, 0.15) is 24.7 Å². The largest absolute Gasteiger partial charge is 0.490 e. The molecule has 0 saturated carbocycles. The highest BCUT2D eigenvalue weighted by Crippen LogP contribution is 2.66. The molecule has 2 heterocycles. The Hall–Kier alpha value is -1.54. The van der Waals surface area contributed by atoms with Gasteiger partial charge < -0.3 is 40.9 Å². The average Bonchev–Trinajstić information content (AvgIpc) is 2.88. The first-order chi connectivity index (χ1) is 15.4. The van der Waals surface area contributed by atoms with Crippen LogP contribution in [-0.2, 0) is 31.6 Å². The molecule has 1 saturated heterocycles. The first-order valence-electron chi connectivity index (χ1n) is 8.76. The lowest BCUT2D eigenvalue weighted by atomic mass is 9.90. The maximum Gasteiger partial charge on any atom is 0.490 e. The Labute approximate surface area is 189 Å². The van der Waals surface area contributed by atoms with Gasteiger partial charge in [-0.15, -0.1) is 0 Å². The van der Waals surface area contributed by atoms with E-state index in [1.54, 1.807) is 0 Å². The highest BCUT2D eigenvalue weighted by molar-refractivity contribution is 7.66. The number of nitrogens with zero attached hydrogens (tertiary/aromatic N) is 2. The average molecular weight is 552 g/mol. The molecule has 0 spiro atoms. The molecule has 0 radical (unpaired) electrons. The van der Waals surface area contributed by atoms with Crippen molar-refractivity contribution < 1.29 is 60.6 Å². The maximum absolute atomic E-state index is 12.7. The van der Waals surface area contributed by atoms with Crippen LogP contribution in [0.4, 0.5) is 10.2 Å². The molecular formula is C13H20FN4O13P3. The van der Waals surface area contributed by atoms with Gasteiger partial charge in [-0.25, -0.2) is 22.9 Å². The van der Waals surface area contributed by atoms with E-state index in [0.29, 0.717) is 0 Å². The number of phosphoric acid groups is 3. The lowest BCUT2D eigenvalue weighted by Crippen LogP contribution is -2.55. The second-order valence-corrected chi connectivity index (χ2v) is 11.1. The standard InChI is InChI=1S/C13H20FN4O13P3/c1-7(29-33(24,25)31-34(26,27)30-32(21,22)23)9-10(19)13(16,4-2-5-14)11(28-9)18-6-3-8(15)17-12(18)20/h3,6-7,9-11,19H,5,16H2,1H3,(H,24,25)(H,26,27)(H2,15,17,20)(H2,21,22,23)/t7-,9+,10-,11+,13?/m0/s1. The molecule has 17 nitrogen and oxygen atoms in total. The molecule has 0 amide bonds. The summed E-state index contributed by atoms with van der Waals surface area (Å²) in [6, 6.07) is 1.17. The normalized spacial score (nSPS) is 29.5. The summed E-state index contributed by atoms with van der Waals surface area (Å²) < 4.78 is 65.0. The predicted octanol–water partition coefficient (Wildman–Crippen LogP) is -1.51. The number of halogens is 1. The first kappa shape index (κ1) is 28.7. The summed E-state index contributed by atoms with van der Waals surface area (Å²) in [5, 5.41) is 10.7. The van der Waals surface area contributed by atoms with Crippen LogP contribution < -0.4 is 17.2 Å². The molecule has 3 unspecified atom stereocenters. The van der Waals surface area contributed by atoms with E-state index in [9.17, 15) is 37.8 Å². The SMILES string of the molecule is C[C@H](OP(=O)(O)OP(=O)(O)OP(=O)(O)O)[C@H]1O[C@@H](n2ccc(N)nc2=O)C(N)(C#CCF)[C@H]1O. The van der Waals surface area contributed by atoms with E-state index in [0.717, 1.165) is 17.7 Å². The van der Waals surface area contributed by atoms with Crippen molar-refractivity contribution in [2.24, 2.45) is 5.73 Å². The van der Waals surface area contributed by atoms with E-state index < -0.39 is 65.9 Å². The van der Waals surface area contributed by atoms with Crippen molar-refractivity contribution in [2.75, 3.05) is 12.4 Å². The Bertz CT molecular complexity index is 1180. The number of anilines is 1. The minimum absolute atomic E-state index is 0.171. The molecule has 0 bridgehead atoms. The number of nitrogen functional groups attached to an aromatic ring is 1. The van der Waals surface area contributed by atoms with E-state index in [1.165, 1.54) is 6.07 Å². The molecule has 192 valence electrons. The van der Waals surface area contributed by atoms with E-state index in [-0.39, 0.29) is 5.82 Å². The van der Waals surface area contributed by atoms with Crippen LogP contribution in [0.15, 0.2) is 17.1 Å². The summed E-state index contributed by atoms with van der Waals surface area (Å²) in [4.78, 5) is 51.8. The number of ether oxygens (including phenoxy) is 1. The van der Waals surface area contributed by atoms with Crippen LogP contribution in [0.3, 0.4) is 0 Å². The van der Waals surface area contributed by atoms with Gasteiger partial charge in [0.2, 0.25) is 0 Å². The third-order valence-electron chi connectivity index (χ3n) is 4.15. The topological polar surface area (TPSA) is 276 Å². The monoisotopic (exact) mass is 552 g/mol. The van der Waals surface area contributed by atoms with Crippen LogP contribution in [0.2, 0.25) is 0 Å². The van der Waals surface area contributed by atoms with Gasteiger partial charge in [-0.05, 0) is 13.0 Å². The van der Waals surface area contributed by atoms with Crippen molar-refractivity contribution in [1.29, 1.82) is 0 Å².